The molecule has 0 spiro atoms. The standard InChI is InChI=1S/C14H17ClN2O2/c1-3-7-19-13-11(15)8-10(9-12(13)18-4-2)14-16-5-6-17-14/h5-6,8-9H,3-4,7H2,1-2H3,(H,16,17). The van der Waals surface area contributed by atoms with Crippen LogP contribution in [0, 0.1) is 0 Å². The molecule has 1 aromatic carbocycles. The fourth-order valence-electron chi connectivity index (χ4n) is 1.73. The first-order valence-electron chi connectivity index (χ1n) is 6.35. The molecular formula is C14H17ClN2O2. The maximum absolute atomic E-state index is 6.28. The summed E-state index contributed by atoms with van der Waals surface area (Å²) in [5.74, 6) is 2.00. The largest absolute Gasteiger partial charge is 0.490 e. The molecule has 1 aromatic heterocycles. The molecular weight excluding hydrogens is 264 g/mol. The zero-order chi connectivity index (χ0) is 13.7. The van der Waals surface area contributed by atoms with Crippen molar-refractivity contribution in [2.45, 2.75) is 20.3 Å². The fourth-order valence-corrected chi connectivity index (χ4v) is 2.00. The van der Waals surface area contributed by atoms with Crippen LogP contribution in [0.15, 0.2) is 24.5 Å². The number of nitrogens with one attached hydrogen (secondary N) is 1. The van der Waals surface area contributed by atoms with Gasteiger partial charge in [-0.25, -0.2) is 4.98 Å². The predicted molar refractivity (Wildman–Crippen MR) is 76.0 cm³/mol. The number of hydrogen-bond donors (Lipinski definition) is 1. The van der Waals surface area contributed by atoms with Crippen molar-refractivity contribution in [3.05, 3.63) is 29.5 Å². The van der Waals surface area contributed by atoms with E-state index in [9.17, 15) is 0 Å². The average molecular weight is 281 g/mol. The molecule has 0 aliphatic carbocycles. The number of aromatic nitrogens is 2. The molecule has 0 aliphatic heterocycles. The number of H-pyrrole nitrogens is 1. The Bertz CT molecular complexity index is 526. The minimum atomic E-state index is 0.533. The molecule has 0 atom stereocenters. The number of aromatic amines is 1. The van der Waals surface area contributed by atoms with Crippen LogP contribution in [-0.2, 0) is 0 Å². The van der Waals surface area contributed by atoms with Crippen LogP contribution >= 0.6 is 11.6 Å². The zero-order valence-corrected chi connectivity index (χ0v) is 11.8. The van der Waals surface area contributed by atoms with Crippen LogP contribution in [0.5, 0.6) is 11.5 Å². The van der Waals surface area contributed by atoms with Crippen LogP contribution in [0.4, 0.5) is 0 Å². The van der Waals surface area contributed by atoms with Crippen LogP contribution in [0.1, 0.15) is 20.3 Å². The molecule has 2 aromatic rings. The number of halogens is 1. The molecule has 5 heteroatoms. The number of rotatable bonds is 6. The summed E-state index contributed by atoms with van der Waals surface area (Å²) in [7, 11) is 0. The minimum Gasteiger partial charge on any atom is -0.490 e. The van der Waals surface area contributed by atoms with E-state index in [0.29, 0.717) is 29.7 Å². The van der Waals surface area contributed by atoms with Gasteiger partial charge in [0.1, 0.15) is 5.82 Å². The van der Waals surface area contributed by atoms with E-state index in [2.05, 4.69) is 9.97 Å². The second-order valence-corrected chi connectivity index (χ2v) is 4.41. The summed E-state index contributed by atoms with van der Waals surface area (Å²) in [5, 5.41) is 0.533. The van der Waals surface area contributed by atoms with Crippen LogP contribution in [0.3, 0.4) is 0 Å². The quantitative estimate of drug-likeness (QED) is 0.872. The van der Waals surface area contributed by atoms with Crippen molar-refractivity contribution in [1.82, 2.24) is 9.97 Å². The summed E-state index contributed by atoms with van der Waals surface area (Å²) in [5.41, 5.74) is 0.877. The third-order valence-corrected chi connectivity index (χ3v) is 2.81. The topological polar surface area (TPSA) is 47.1 Å². The fraction of sp³-hybridized carbons (Fsp3) is 0.357. The monoisotopic (exact) mass is 280 g/mol. The van der Waals surface area contributed by atoms with E-state index in [-0.39, 0.29) is 0 Å². The Balaban J connectivity index is 2.39. The Kier molecular flexibility index (Phi) is 4.68. The predicted octanol–water partition coefficient (Wildman–Crippen LogP) is 3.92. The smallest absolute Gasteiger partial charge is 0.179 e. The van der Waals surface area contributed by atoms with Crippen molar-refractivity contribution in [3.63, 3.8) is 0 Å². The number of hydrogen-bond acceptors (Lipinski definition) is 3. The third kappa shape index (κ3) is 3.20. The van der Waals surface area contributed by atoms with Gasteiger partial charge in [-0.15, -0.1) is 0 Å². The number of benzene rings is 1. The van der Waals surface area contributed by atoms with Crippen LogP contribution in [0.25, 0.3) is 11.4 Å². The lowest BCUT2D eigenvalue weighted by molar-refractivity contribution is 0.277. The molecule has 1 N–H and O–H groups in total. The summed E-state index contributed by atoms with van der Waals surface area (Å²) < 4.78 is 11.3. The Morgan fingerprint density at radius 1 is 1.26 bits per heavy atom. The molecule has 1 heterocycles. The highest BCUT2D eigenvalue weighted by atomic mass is 35.5. The van der Waals surface area contributed by atoms with Gasteiger partial charge < -0.3 is 14.5 Å². The number of imidazole rings is 1. The maximum atomic E-state index is 6.28. The molecule has 102 valence electrons. The summed E-state index contributed by atoms with van der Waals surface area (Å²) >= 11 is 6.28. The molecule has 0 unspecified atom stereocenters. The van der Waals surface area contributed by atoms with E-state index in [1.807, 2.05) is 26.0 Å². The van der Waals surface area contributed by atoms with Crippen molar-refractivity contribution in [2.24, 2.45) is 0 Å². The van der Waals surface area contributed by atoms with E-state index in [0.717, 1.165) is 17.8 Å². The molecule has 4 nitrogen and oxygen atoms in total. The Hall–Kier alpha value is -1.68. The molecule has 0 amide bonds. The molecule has 2 rings (SSSR count). The SMILES string of the molecule is CCCOc1c(Cl)cc(-c2ncc[nH]2)cc1OCC. The van der Waals surface area contributed by atoms with Gasteiger partial charge in [0.2, 0.25) is 0 Å². The van der Waals surface area contributed by atoms with E-state index < -0.39 is 0 Å². The van der Waals surface area contributed by atoms with Crippen molar-refractivity contribution in [2.75, 3.05) is 13.2 Å². The maximum Gasteiger partial charge on any atom is 0.179 e. The molecule has 0 saturated carbocycles. The van der Waals surface area contributed by atoms with Gasteiger partial charge >= 0.3 is 0 Å². The van der Waals surface area contributed by atoms with Gasteiger partial charge in [-0.05, 0) is 25.5 Å². The van der Waals surface area contributed by atoms with E-state index in [1.54, 1.807) is 12.4 Å². The van der Waals surface area contributed by atoms with E-state index >= 15 is 0 Å². The second kappa shape index (κ2) is 6.48. The van der Waals surface area contributed by atoms with E-state index in [4.69, 9.17) is 21.1 Å². The van der Waals surface area contributed by atoms with Gasteiger partial charge in [-0.2, -0.15) is 0 Å². The van der Waals surface area contributed by atoms with Gasteiger partial charge in [0, 0.05) is 18.0 Å². The first-order chi connectivity index (χ1) is 9.26. The van der Waals surface area contributed by atoms with Gasteiger partial charge in [0.25, 0.3) is 0 Å². The lowest BCUT2D eigenvalue weighted by Gasteiger charge is -2.14. The third-order valence-electron chi connectivity index (χ3n) is 2.53. The summed E-state index contributed by atoms with van der Waals surface area (Å²) in [4.78, 5) is 7.26. The van der Waals surface area contributed by atoms with Gasteiger partial charge in [0.05, 0.1) is 18.2 Å². The van der Waals surface area contributed by atoms with Crippen molar-refractivity contribution >= 4 is 11.6 Å². The first-order valence-corrected chi connectivity index (χ1v) is 6.73. The van der Waals surface area contributed by atoms with Gasteiger partial charge in [-0.3, -0.25) is 0 Å². The highest BCUT2D eigenvalue weighted by Crippen LogP contribution is 2.39. The molecule has 0 saturated heterocycles. The number of nitrogens with zero attached hydrogens (tertiary/aromatic N) is 1. The van der Waals surface area contributed by atoms with Gasteiger partial charge in [0.15, 0.2) is 11.5 Å². The van der Waals surface area contributed by atoms with E-state index in [1.165, 1.54) is 0 Å². The molecule has 0 bridgehead atoms. The molecule has 0 radical (unpaired) electrons. The minimum absolute atomic E-state index is 0.533. The zero-order valence-electron chi connectivity index (χ0n) is 11.1. The first kappa shape index (κ1) is 13.7. The normalized spacial score (nSPS) is 10.5. The van der Waals surface area contributed by atoms with Crippen LogP contribution in [-0.4, -0.2) is 23.2 Å². The van der Waals surface area contributed by atoms with Crippen LogP contribution < -0.4 is 9.47 Å². The lowest BCUT2D eigenvalue weighted by atomic mass is 10.2. The second-order valence-electron chi connectivity index (χ2n) is 4.00. The Labute approximate surface area is 117 Å². The average Bonchev–Trinajstić information content (AvgIpc) is 2.92. The highest BCUT2D eigenvalue weighted by molar-refractivity contribution is 6.32. The van der Waals surface area contributed by atoms with Gasteiger partial charge in [-0.1, -0.05) is 18.5 Å². The lowest BCUT2D eigenvalue weighted by Crippen LogP contribution is -2.01. The van der Waals surface area contributed by atoms with Crippen molar-refractivity contribution in [3.8, 4) is 22.9 Å². The van der Waals surface area contributed by atoms with Crippen LogP contribution in [0.2, 0.25) is 5.02 Å². The Morgan fingerprint density at radius 2 is 2.11 bits per heavy atom. The number of ether oxygens (including phenoxy) is 2. The summed E-state index contributed by atoms with van der Waals surface area (Å²) in [6, 6.07) is 3.72. The summed E-state index contributed by atoms with van der Waals surface area (Å²) in [6.45, 7) is 5.14. The highest BCUT2D eigenvalue weighted by Gasteiger charge is 2.14. The molecule has 19 heavy (non-hydrogen) atoms. The Morgan fingerprint density at radius 3 is 2.74 bits per heavy atom. The molecule has 0 fully saturated rings. The van der Waals surface area contributed by atoms with Crippen molar-refractivity contribution < 1.29 is 9.47 Å². The summed E-state index contributed by atoms with van der Waals surface area (Å²) in [6.07, 6.45) is 4.39. The molecule has 0 aliphatic rings. The van der Waals surface area contributed by atoms with Crippen molar-refractivity contribution in [1.29, 1.82) is 0 Å².